The van der Waals surface area contributed by atoms with E-state index in [2.05, 4.69) is 0 Å². The minimum atomic E-state index is -1.27. The molecule has 0 heterocycles. The van der Waals surface area contributed by atoms with E-state index < -0.39 is 6.17 Å². The molecule has 0 radical (unpaired) electrons. The van der Waals surface area contributed by atoms with Gasteiger partial charge in [-0.15, -0.1) is 0 Å². The Labute approximate surface area is 62.4 Å². The van der Waals surface area contributed by atoms with E-state index in [1.807, 2.05) is 0 Å². The standard InChI is InChI=1S/C3H2FO2.Na/c4-3(1-5)2-6;/h1-2H;/q-1;+1. The summed E-state index contributed by atoms with van der Waals surface area (Å²) in [4.78, 5) is 18.2. The van der Waals surface area contributed by atoms with Crippen LogP contribution >= 0.6 is 0 Å². The number of rotatable bonds is 2. The maximum absolute atomic E-state index is 11.0. The second kappa shape index (κ2) is 6.14. The Balaban J connectivity index is 0. The predicted octanol–water partition coefficient (Wildman–Crippen LogP) is -3.11. The zero-order valence-electron chi connectivity index (χ0n) is 3.85. The van der Waals surface area contributed by atoms with Crippen LogP contribution in [0.25, 0.3) is 0 Å². The second-order valence-corrected chi connectivity index (χ2v) is 0.621. The summed E-state index contributed by atoms with van der Waals surface area (Å²) in [5, 5.41) is 0. The summed E-state index contributed by atoms with van der Waals surface area (Å²) in [5.41, 5.74) is 0. The Kier molecular flexibility index (Phi) is 8.94. The molecule has 7 heavy (non-hydrogen) atoms. The molecule has 0 aromatic rings. The van der Waals surface area contributed by atoms with Crippen LogP contribution in [0.1, 0.15) is 0 Å². The van der Waals surface area contributed by atoms with E-state index >= 15 is 0 Å². The zero-order valence-corrected chi connectivity index (χ0v) is 5.85. The molecular weight excluding hydrogens is 110 g/mol. The fraction of sp³-hybridized carbons (Fsp3) is 0. The third kappa shape index (κ3) is 6.14. The van der Waals surface area contributed by atoms with E-state index in [0.29, 0.717) is 0 Å². The van der Waals surface area contributed by atoms with E-state index in [9.17, 15) is 4.39 Å². The van der Waals surface area contributed by atoms with E-state index in [1.54, 1.807) is 0 Å². The smallest absolute Gasteiger partial charge is 0.419 e. The van der Waals surface area contributed by atoms with Crippen molar-refractivity contribution in [3.8, 4) is 0 Å². The molecule has 0 saturated heterocycles. The topological polar surface area (TPSA) is 34.1 Å². The molecule has 0 saturated carbocycles. The molecule has 4 heteroatoms. The van der Waals surface area contributed by atoms with Gasteiger partial charge in [0, 0.05) is 12.6 Å². The van der Waals surface area contributed by atoms with Gasteiger partial charge < -0.3 is 14.0 Å². The largest absolute Gasteiger partial charge is 1.00 e. The normalized spacial score (nSPS) is 5.86. The SMILES string of the molecule is O=C[C-](F)C=O.[Na+]. The van der Waals surface area contributed by atoms with E-state index in [1.165, 1.54) is 0 Å². The number of carbonyl (C=O) groups is 2. The number of hydrogen-bond donors (Lipinski definition) is 0. The molecule has 0 fully saturated rings. The van der Waals surface area contributed by atoms with Crippen molar-refractivity contribution in [3.05, 3.63) is 6.17 Å². The van der Waals surface area contributed by atoms with Crippen molar-refractivity contribution in [1.29, 1.82) is 0 Å². The van der Waals surface area contributed by atoms with Crippen molar-refractivity contribution in [2.24, 2.45) is 0 Å². The molecule has 0 amide bonds. The Bertz CT molecular complexity index is 58.0. The molecule has 0 aliphatic carbocycles. The number of carbonyl (C=O) groups excluding carboxylic acids is 2. The summed E-state index contributed by atoms with van der Waals surface area (Å²) in [7, 11) is 0. The fourth-order valence-corrected chi connectivity index (χ4v) is 0.0278. The first-order valence-electron chi connectivity index (χ1n) is 1.24. The molecule has 0 unspecified atom stereocenters. The number of aldehydes is 2. The van der Waals surface area contributed by atoms with Crippen molar-refractivity contribution >= 4 is 12.6 Å². The summed E-state index contributed by atoms with van der Waals surface area (Å²) in [6.45, 7) is 0. The van der Waals surface area contributed by atoms with Crippen LogP contribution in [-0.2, 0) is 9.59 Å². The summed E-state index contributed by atoms with van der Waals surface area (Å²) < 4.78 is 11.0. The van der Waals surface area contributed by atoms with Gasteiger partial charge in [-0.1, -0.05) is 6.17 Å². The van der Waals surface area contributed by atoms with E-state index in [0.717, 1.165) is 0 Å². The molecule has 0 aliphatic heterocycles. The van der Waals surface area contributed by atoms with Gasteiger partial charge in [-0.05, 0) is 0 Å². The first kappa shape index (κ1) is 10.2. The van der Waals surface area contributed by atoms with Crippen LogP contribution in [0.5, 0.6) is 0 Å². The van der Waals surface area contributed by atoms with Crippen molar-refractivity contribution in [1.82, 2.24) is 0 Å². The van der Waals surface area contributed by atoms with E-state index in [-0.39, 0.29) is 42.1 Å². The molecule has 0 spiro atoms. The second-order valence-electron chi connectivity index (χ2n) is 0.621. The van der Waals surface area contributed by atoms with Crippen LogP contribution in [0.15, 0.2) is 0 Å². The average molecular weight is 112 g/mol. The van der Waals surface area contributed by atoms with Crippen molar-refractivity contribution in [2.45, 2.75) is 0 Å². The van der Waals surface area contributed by atoms with Gasteiger partial charge in [0.25, 0.3) is 0 Å². The van der Waals surface area contributed by atoms with Gasteiger partial charge in [-0.25, -0.2) is 0 Å². The monoisotopic (exact) mass is 112 g/mol. The predicted molar refractivity (Wildman–Crippen MR) is 16.5 cm³/mol. The summed E-state index contributed by atoms with van der Waals surface area (Å²) in [6.07, 6.45) is -1.56. The molecule has 0 atom stereocenters. The van der Waals surface area contributed by atoms with Crippen molar-refractivity contribution in [2.75, 3.05) is 0 Å². The van der Waals surface area contributed by atoms with Crippen LogP contribution < -0.4 is 29.6 Å². The first-order chi connectivity index (χ1) is 2.81. The average Bonchev–Trinajstić information content (AvgIpc) is 1.65. The molecule has 0 aromatic carbocycles. The summed E-state index contributed by atoms with van der Waals surface area (Å²) in [6, 6.07) is 0. The van der Waals surface area contributed by atoms with Gasteiger partial charge in [0.15, 0.2) is 0 Å². The third-order valence-corrected chi connectivity index (χ3v) is 0.225. The zero-order chi connectivity index (χ0) is 4.99. The van der Waals surface area contributed by atoms with Crippen LogP contribution in [0.3, 0.4) is 0 Å². The van der Waals surface area contributed by atoms with Gasteiger partial charge in [0.2, 0.25) is 0 Å². The van der Waals surface area contributed by atoms with E-state index in [4.69, 9.17) is 9.59 Å². The molecule has 0 N–H and O–H groups in total. The maximum Gasteiger partial charge on any atom is 1.00 e. The Morgan fingerprint density at radius 3 is 1.57 bits per heavy atom. The summed E-state index contributed by atoms with van der Waals surface area (Å²) >= 11 is 0. The molecule has 0 bridgehead atoms. The van der Waals surface area contributed by atoms with Crippen LogP contribution in [-0.4, -0.2) is 12.6 Å². The number of halogens is 1. The van der Waals surface area contributed by atoms with Gasteiger partial charge in [-0.2, -0.15) is 0 Å². The molecule has 2 nitrogen and oxygen atoms in total. The molecule has 0 aliphatic rings. The van der Waals surface area contributed by atoms with Gasteiger partial charge in [-0.3, -0.25) is 0 Å². The Morgan fingerprint density at radius 1 is 1.29 bits per heavy atom. The molecular formula is C3H2FNaO2. The maximum atomic E-state index is 11.0. The molecule has 34 valence electrons. The summed E-state index contributed by atoms with van der Waals surface area (Å²) in [5.74, 6) is 0. The van der Waals surface area contributed by atoms with Crippen LogP contribution in [0.4, 0.5) is 4.39 Å². The Morgan fingerprint density at radius 2 is 1.57 bits per heavy atom. The third-order valence-electron chi connectivity index (χ3n) is 0.225. The minimum Gasteiger partial charge on any atom is -0.419 e. The quantitative estimate of drug-likeness (QED) is 0.164. The van der Waals surface area contributed by atoms with Crippen LogP contribution in [0.2, 0.25) is 0 Å². The van der Waals surface area contributed by atoms with Crippen LogP contribution in [0, 0.1) is 6.17 Å². The van der Waals surface area contributed by atoms with Crippen molar-refractivity contribution < 1.29 is 43.5 Å². The minimum absolute atomic E-state index is 0. The first-order valence-corrected chi connectivity index (χ1v) is 1.24. The Hall–Kier alpha value is 0.140. The van der Waals surface area contributed by atoms with Gasteiger partial charge in [0.05, 0.1) is 0 Å². The number of hydrogen-bond acceptors (Lipinski definition) is 2. The van der Waals surface area contributed by atoms with Crippen molar-refractivity contribution in [3.63, 3.8) is 0 Å². The fourth-order valence-electron chi connectivity index (χ4n) is 0.0278. The molecule has 0 rings (SSSR count). The molecule has 0 aromatic heterocycles. The van der Waals surface area contributed by atoms with Gasteiger partial charge in [0.1, 0.15) is 0 Å². The van der Waals surface area contributed by atoms with Gasteiger partial charge >= 0.3 is 29.6 Å².